The minimum atomic E-state index is -0.145. The Morgan fingerprint density at radius 1 is 1.64 bits per heavy atom. The summed E-state index contributed by atoms with van der Waals surface area (Å²) in [6.45, 7) is 3.63. The minimum Gasteiger partial charge on any atom is -0.465 e. The lowest BCUT2D eigenvalue weighted by molar-refractivity contribution is -0.141. The van der Waals surface area contributed by atoms with Crippen LogP contribution in [0.4, 0.5) is 0 Å². The fourth-order valence-electron chi connectivity index (χ4n) is 0.912. The SMILES string of the molecule is CCOC(=O)CNCC1CC1. The number of nitrogens with one attached hydrogen (secondary N) is 1. The number of hydrogen-bond acceptors (Lipinski definition) is 3. The Kier molecular flexibility index (Phi) is 3.36. The lowest BCUT2D eigenvalue weighted by Gasteiger charge is -2.02. The van der Waals surface area contributed by atoms with E-state index in [4.69, 9.17) is 4.74 Å². The fraction of sp³-hybridized carbons (Fsp3) is 0.875. The van der Waals surface area contributed by atoms with Gasteiger partial charge >= 0.3 is 5.97 Å². The maximum absolute atomic E-state index is 10.8. The number of hydrogen-bond donors (Lipinski definition) is 1. The van der Waals surface area contributed by atoms with Crippen molar-refractivity contribution >= 4 is 5.97 Å². The van der Waals surface area contributed by atoms with E-state index in [1.54, 1.807) is 0 Å². The van der Waals surface area contributed by atoms with Crippen LogP contribution in [0.2, 0.25) is 0 Å². The van der Waals surface area contributed by atoms with E-state index < -0.39 is 0 Å². The first-order valence-corrected chi connectivity index (χ1v) is 4.19. The van der Waals surface area contributed by atoms with Gasteiger partial charge in [0.15, 0.2) is 0 Å². The molecule has 0 aliphatic heterocycles. The van der Waals surface area contributed by atoms with Crippen molar-refractivity contribution in [2.24, 2.45) is 5.92 Å². The van der Waals surface area contributed by atoms with Crippen LogP contribution in [0.25, 0.3) is 0 Å². The molecular formula is C8H15NO2. The average Bonchev–Trinajstić information content (AvgIpc) is 2.72. The zero-order chi connectivity index (χ0) is 8.10. The number of ether oxygens (including phenoxy) is 1. The van der Waals surface area contributed by atoms with Crippen molar-refractivity contribution in [3.63, 3.8) is 0 Å². The standard InChI is InChI=1S/C8H15NO2/c1-2-11-8(10)6-9-5-7-3-4-7/h7,9H,2-6H2,1H3. The molecule has 0 atom stereocenters. The summed E-state index contributed by atoms with van der Waals surface area (Å²) < 4.78 is 4.74. The highest BCUT2D eigenvalue weighted by Gasteiger charge is 2.20. The smallest absolute Gasteiger partial charge is 0.319 e. The molecule has 0 unspecified atom stereocenters. The number of esters is 1. The molecular weight excluding hydrogens is 142 g/mol. The van der Waals surface area contributed by atoms with Gasteiger partial charge in [-0.2, -0.15) is 0 Å². The van der Waals surface area contributed by atoms with Crippen LogP contribution < -0.4 is 5.32 Å². The molecule has 3 nitrogen and oxygen atoms in total. The van der Waals surface area contributed by atoms with Crippen molar-refractivity contribution in [2.75, 3.05) is 19.7 Å². The molecule has 0 aromatic carbocycles. The molecule has 0 bridgehead atoms. The third-order valence-electron chi connectivity index (χ3n) is 1.70. The molecule has 0 amide bonds. The van der Waals surface area contributed by atoms with Crippen LogP contribution in [0.1, 0.15) is 19.8 Å². The van der Waals surface area contributed by atoms with Crippen molar-refractivity contribution in [1.82, 2.24) is 5.32 Å². The molecule has 0 aromatic heterocycles. The molecule has 1 rings (SSSR count). The molecule has 0 radical (unpaired) electrons. The van der Waals surface area contributed by atoms with Gasteiger partial charge in [-0.15, -0.1) is 0 Å². The van der Waals surface area contributed by atoms with Crippen molar-refractivity contribution in [3.05, 3.63) is 0 Å². The molecule has 1 fully saturated rings. The van der Waals surface area contributed by atoms with Crippen LogP contribution in [-0.2, 0) is 9.53 Å². The van der Waals surface area contributed by atoms with Crippen LogP contribution in [0.5, 0.6) is 0 Å². The summed E-state index contributed by atoms with van der Waals surface area (Å²) >= 11 is 0. The lowest BCUT2D eigenvalue weighted by Crippen LogP contribution is -2.26. The van der Waals surface area contributed by atoms with Gasteiger partial charge in [0, 0.05) is 0 Å². The van der Waals surface area contributed by atoms with E-state index in [9.17, 15) is 4.79 Å². The van der Waals surface area contributed by atoms with Gasteiger partial charge in [0.25, 0.3) is 0 Å². The van der Waals surface area contributed by atoms with E-state index in [-0.39, 0.29) is 5.97 Å². The van der Waals surface area contributed by atoms with Crippen molar-refractivity contribution < 1.29 is 9.53 Å². The summed E-state index contributed by atoms with van der Waals surface area (Å²) in [6.07, 6.45) is 2.63. The molecule has 1 N–H and O–H groups in total. The van der Waals surface area contributed by atoms with Gasteiger partial charge in [0.05, 0.1) is 13.2 Å². The number of carbonyl (C=O) groups excluding carboxylic acids is 1. The molecule has 3 heteroatoms. The monoisotopic (exact) mass is 157 g/mol. The molecule has 0 saturated heterocycles. The molecule has 0 heterocycles. The second-order valence-corrected chi connectivity index (χ2v) is 2.88. The molecule has 0 spiro atoms. The largest absolute Gasteiger partial charge is 0.465 e. The number of rotatable bonds is 5. The summed E-state index contributed by atoms with van der Waals surface area (Å²) in [5, 5.41) is 3.06. The summed E-state index contributed by atoms with van der Waals surface area (Å²) in [7, 11) is 0. The van der Waals surface area contributed by atoms with Gasteiger partial charge in [0.2, 0.25) is 0 Å². The Morgan fingerprint density at radius 3 is 2.91 bits per heavy atom. The molecule has 1 saturated carbocycles. The highest BCUT2D eigenvalue weighted by Crippen LogP contribution is 2.27. The van der Waals surface area contributed by atoms with E-state index in [0.29, 0.717) is 13.2 Å². The Hall–Kier alpha value is -0.570. The second kappa shape index (κ2) is 4.34. The van der Waals surface area contributed by atoms with Crippen LogP contribution in [0, 0.1) is 5.92 Å². The van der Waals surface area contributed by atoms with Crippen LogP contribution in [-0.4, -0.2) is 25.7 Å². The number of carbonyl (C=O) groups is 1. The molecule has 1 aliphatic rings. The Bertz CT molecular complexity index is 132. The first-order chi connectivity index (χ1) is 5.33. The summed E-state index contributed by atoms with van der Waals surface area (Å²) in [4.78, 5) is 10.8. The van der Waals surface area contributed by atoms with Gasteiger partial charge in [-0.05, 0) is 32.2 Å². The average molecular weight is 157 g/mol. The van der Waals surface area contributed by atoms with Crippen LogP contribution in [0.15, 0.2) is 0 Å². The third kappa shape index (κ3) is 3.98. The minimum absolute atomic E-state index is 0.145. The molecule has 0 aromatic rings. The zero-order valence-electron chi connectivity index (χ0n) is 6.93. The highest BCUT2D eigenvalue weighted by molar-refractivity contribution is 5.71. The summed E-state index contributed by atoms with van der Waals surface area (Å²) in [5.41, 5.74) is 0. The van der Waals surface area contributed by atoms with E-state index >= 15 is 0 Å². The first-order valence-electron chi connectivity index (χ1n) is 4.19. The molecule has 64 valence electrons. The van der Waals surface area contributed by atoms with Gasteiger partial charge in [-0.1, -0.05) is 0 Å². The van der Waals surface area contributed by atoms with Crippen molar-refractivity contribution in [1.29, 1.82) is 0 Å². The van der Waals surface area contributed by atoms with Crippen LogP contribution >= 0.6 is 0 Å². The predicted octanol–water partition coefficient (Wildman–Crippen LogP) is 0.549. The lowest BCUT2D eigenvalue weighted by atomic mass is 10.4. The van der Waals surface area contributed by atoms with E-state index in [2.05, 4.69) is 5.32 Å². The highest BCUT2D eigenvalue weighted by atomic mass is 16.5. The molecule has 11 heavy (non-hydrogen) atoms. The maximum Gasteiger partial charge on any atom is 0.319 e. The Morgan fingerprint density at radius 2 is 2.36 bits per heavy atom. The molecule has 1 aliphatic carbocycles. The Balaban J connectivity index is 1.88. The second-order valence-electron chi connectivity index (χ2n) is 2.88. The first kappa shape index (κ1) is 8.53. The van der Waals surface area contributed by atoms with Gasteiger partial charge in [-0.3, -0.25) is 4.79 Å². The van der Waals surface area contributed by atoms with Gasteiger partial charge < -0.3 is 10.1 Å². The third-order valence-corrected chi connectivity index (χ3v) is 1.70. The quantitative estimate of drug-likeness (QED) is 0.592. The van der Waals surface area contributed by atoms with E-state index in [1.165, 1.54) is 12.8 Å². The maximum atomic E-state index is 10.8. The zero-order valence-corrected chi connectivity index (χ0v) is 6.93. The normalized spacial score (nSPS) is 16.5. The van der Waals surface area contributed by atoms with Crippen LogP contribution in [0.3, 0.4) is 0 Å². The summed E-state index contributed by atoms with van der Waals surface area (Å²) in [5.74, 6) is 0.678. The summed E-state index contributed by atoms with van der Waals surface area (Å²) in [6, 6.07) is 0. The fourth-order valence-corrected chi connectivity index (χ4v) is 0.912. The van der Waals surface area contributed by atoms with Crippen molar-refractivity contribution in [2.45, 2.75) is 19.8 Å². The van der Waals surface area contributed by atoms with Gasteiger partial charge in [-0.25, -0.2) is 0 Å². The Labute approximate surface area is 67.1 Å². The van der Waals surface area contributed by atoms with Gasteiger partial charge in [0.1, 0.15) is 0 Å². The van der Waals surface area contributed by atoms with E-state index in [0.717, 1.165) is 12.5 Å². The predicted molar refractivity (Wildman–Crippen MR) is 42.2 cm³/mol. The van der Waals surface area contributed by atoms with Crippen molar-refractivity contribution in [3.8, 4) is 0 Å². The van der Waals surface area contributed by atoms with E-state index in [1.807, 2.05) is 6.92 Å². The topological polar surface area (TPSA) is 38.3 Å².